The number of rotatable bonds is 2. The molecule has 1 nitrogen and oxygen atoms in total. The fourth-order valence-corrected chi connectivity index (χ4v) is 2.27. The van der Waals surface area contributed by atoms with Crippen molar-refractivity contribution in [2.45, 2.75) is 32.3 Å². The lowest BCUT2D eigenvalue weighted by Crippen LogP contribution is -2.11. The van der Waals surface area contributed by atoms with Crippen LogP contribution in [-0.2, 0) is 5.41 Å². The highest BCUT2D eigenvalue weighted by Crippen LogP contribution is 2.27. The average Bonchev–Trinajstić information content (AvgIpc) is 2.38. The molecule has 0 spiro atoms. The average molecular weight is 319 g/mol. The predicted octanol–water partition coefficient (Wildman–Crippen LogP) is 4.83. The summed E-state index contributed by atoms with van der Waals surface area (Å²) in [7, 11) is 0. The van der Waals surface area contributed by atoms with Crippen LogP contribution in [0.4, 0.5) is 0 Å². The Morgan fingerprint density at radius 3 is 1.68 bits per heavy atom. The number of hydrogen-bond acceptors (Lipinski definition) is 1. The number of aliphatic hydroxyl groups is 1. The molecule has 0 heterocycles. The van der Waals surface area contributed by atoms with Crippen LogP contribution in [0.1, 0.15) is 43.6 Å². The highest BCUT2D eigenvalue weighted by atomic mass is 79.9. The van der Waals surface area contributed by atoms with Gasteiger partial charge < -0.3 is 5.11 Å². The molecule has 2 heteroatoms. The Morgan fingerprint density at radius 1 is 0.842 bits per heavy atom. The molecule has 2 aromatic carbocycles. The van der Waals surface area contributed by atoms with Crippen LogP contribution in [0.3, 0.4) is 0 Å². The van der Waals surface area contributed by atoms with E-state index in [0.29, 0.717) is 0 Å². The minimum atomic E-state index is -0.567. The highest BCUT2D eigenvalue weighted by Gasteiger charge is 2.15. The fourth-order valence-electron chi connectivity index (χ4n) is 2.00. The maximum atomic E-state index is 10.4. The number of halogens is 1. The summed E-state index contributed by atoms with van der Waals surface area (Å²) in [6.07, 6.45) is -0.567. The number of benzene rings is 2. The van der Waals surface area contributed by atoms with Crippen LogP contribution < -0.4 is 0 Å². The molecule has 0 saturated heterocycles. The van der Waals surface area contributed by atoms with Crippen molar-refractivity contribution in [2.24, 2.45) is 0 Å². The summed E-state index contributed by atoms with van der Waals surface area (Å²) < 4.78 is 1.02. The van der Waals surface area contributed by atoms with Gasteiger partial charge in [-0.05, 0) is 34.2 Å². The van der Waals surface area contributed by atoms with Crippen LogP contribution in [-0.4, -0.2) is 5.11 Å². The Kier molecular flexibility index (Phi) is 4.12. The van der Waals surface area contributed by atoms with Crippen molar-refractivity contribution in [3.8, 4) is 0 Å². The third kappa shape index (κ3) is 3.46. The van der Waals surface area contributed by atoms with E-state index in [0.717, 1.165) is 15.6 Å². The molecule has 0 bridgehead atoms. The van der Waals surface area contributed by atoms with Gasteiger partial charge in [0.05, 0.1) is 0 Å². The summed E-state index contributed by atoms with van der Waals surface area (Å²) in [5, 5.41) is 10.4. The van der Waals surface area contributed by atoms with Crippen LogP contribution in [0.25, 0.3) is 0 Å². The van der Waals surface area contributed by atoms with E-state index in [1.807, 2.05) is 36.4 Å². The zero-order valence-corrected chi connectivity index (χ0v) is 13.1. The second kappa shape index (κ2) is 5.48. The van der Waals surface area contributed by atoms with Gasteiger partial charge in [-0.1, -0.05) is 73.1 Å². The van der Waals surface area contributed by atoms with Crippen LogP contribution in [0.2, 0.25) is 0 Å². The molecule has 2 rings (SSSR count). The van der Waals surface area contributed by atoms with Gasteiger partial charge in [-0.2, -0.15) is 0 Å². The molecule has 2 aromatic rings. The minimum Gasteiger partial charge on any atom is -0.384 e. The van der Waals surface area contributed by atoms with Gasteiger partial charge in [0.25, 0.3) is 0 Å². The van der Waals surface area contributed by atoms with Crippen molar-refractivity contribution >= 4 is 15.9 Å². The molecule has 0 saturated carbocycles. The van der Waals surface area contributed by atoms with Crippen LogP contribution >= 0.6 is 15.9 Å². The first kappa shape index (κ1) is 14.3. The van der Waals surface area contributed by atoms with E-state index in [2.05, 4.69) is 48.8 Å². The molecule has 0 fully saturated rings. The smallest absolute Gasteiger partial charge is 0.104 e. The maximum Gasteiger partial charge on any atom is 0.104 e. The fraction of sp³-hybridized carbons (Fsp3) is 0.294. The monoisotopic (exact) mass is 318 g/mol. The zero-order valence-electron chi connectivity index (χ0n) is 11.5. The molecule has 1 atom stereocenters. The molecule has 0 radical (unpaired) electrons. The second-order valence-electron chi connectivity index (χ2n) is 5.83. The Morgan fingerprint density at radius 2 is 1.26 bits per heavy atom. The normalized spacial score (nSPS) is 13.3. The Hall–Kier alpha value is -1.12. The number of hydrogen-bond donors (Lipinski definition) is 1. The largest absolute Gasteiger partial charge is 0.384 e. The van der Waals surface area contributed by atoms with Crippen molar-refractivity contribution in [2.75, 3.05) is 0 Å². The van der Waals surface area contributed by atoms with Gasteiger partial charge in [0.2, 0.25) is 0 Å². The Bertz CT molecular complexity index is 535. The quantitative estimate of drug-likeness (QED) is 0.841. The molecule has 0 aliphatic heterocycles. The van der Waals surface area contributed by atoms with E-state index in [1.165, 1.54) is 5.56 Å². The molecular weight excluding hydrogens is 300 g/mol. The van der Waals surface area contributed by atoms with E-state index in [1.54, 1.807) is 0 Å². The van der Waals surface area contributed by atoms with Crippen LogP contribution in [0.15, 0.2) is 53.0 Å². The minimum absolute atomic E-state index is 0.140. The summed E-state index contributed by atoms with van der Waals surface area (Å²) in [4.78, 5) is 0. The Labute approximate surface area is 123 Å². The van der Waals surface area contributed by atoms with Gasteiger partial charge in [-0.15, -0.1) is 0 Å². The standard InChI is InChI=1S/C17H19BrO/c1-17(2,3)14-8-4-12(5-9-14)16(19)13-6-10-15(18)11-7-13/h4-11,16,19H,1-3H3. The van der Waals surface area contributed by atoms with Crippen molar-refractivity contribution in [3.05, 3.63) is 69.7 Å². The summed E-state index contributed by atoms with van der Waals surface area (Å²) in [6.45, 7) is 6.56. The van der Waals surface area contributed by atoms with E-state index < -0.39 is 6.10 Å². The lowest BCUT2D eigenvalue weighted by Gasteiger charge is -2.20. The third-order valence-electron chi connectivity index (χ3n) is 3.28. The molecule has 0 aliphatic rings. The molecule has 0 aromatic heterocycles. The van der Waals surface area contributed by atoms with E-state index in [9.17, 15) is 5.11 Å². The highest BCUT2D eigenvalue weighted by molar-refractivity contribution is 9.10. The van der Waals surface area contributed by atoms with Crippen LogP contribution in [0, 0.1) is 0 Å². The molecule has 1 unspecified atom stereocenters. The second-order valence-corrected chi connectivity index (χ2v) is 6.74. The van der Waals surface area contributed by atoms with Crippen molar-refractivity contribution < 1.29 is 5.11 Å². The first-order chi connectivity index (χ1) is 8.88. The van der Waals surface area contributed by atoms with Gasteiger partial charge in [0, 0.05) is 4.47 Å². The Balaban J connectivity index is 2.25. The lowest BCUT2D eigenvalue weighted by atomic mass is 9.86. The summed E-state index contributed by atoms with van der Waals surface area (Å²) in [6, 6.07) is 16.0. The predicted molar refractivity (Wildman–Crippen MR) is 83.3 cm³/mol. The summed E-state index contributed by atoms with van der Waals surface area (Å²) >= 11 is 3.40. The topological polar surface area (TPSA) is 20.2 Å². The lowest BCUT2D eigenvalue weighted by molar-refractivity contribution is 0.220. The van der Waals surface area contributed by atoms with Crippen LogP contribution in [0.5, 0.6) is 0 Å². The SMILES string of the molecule is CC(C)(C)c1ccc(C(O)c2ccc(Br)cc2)cc1. The van der Waals surface area contributed by atoms with Gasteiger partial charge >= 0.3 is 0 Å². The molecule has 0 amide bonds. The molecular formula is C17H19BrO. The molecule has 19 heavy (non-hydrogen) atoms. The number of aliphatic hydroxyl groups excluding tert-OH is 1. The first-order valence-electron chi connectivity index (χ1n) is 6.42. The molecule has 1 N–H and O–H groups in total. The van der Waals surface area contributed by atoms with Crippen molar-refractivity contribution in [1.29, 1.82) is 0 Å². The van der Waals surface area contributed by atoms with E-state index >= 15 is 0 Å². The van der Waals surface area contributed by atoms with Crippen molar-refractivity contribution in [3.63, 3.8) is 0 Å². The maximum absolute atomic E-state index is 10.4. The summed E-state index contributed by atoms with van der Waals surface area (Å²) in [5.74, 6) is 0. The van der Waals surface area contributed by atoms with Gasteiger partial charge in [0.15, 0.2) is 0 Å². The van der Waals surface area contributed by atoms with Crippen molar-refractivity contribution in [1.82, 2.24) is 0 Å². The van der Waals surface area contributed by atoms with Gasteiger partial charge in [-0.25, -0.2) is 0 Å². The zero-order chi connectivity index (χ0) is 14.0. The van der Waals surface area contributed by atoms with Gasteiger partial charge in [0.1, 0.15) is 6.10 Å². The molecule has 100 valence electrons. The van der Waals surface area contributed by atoms with Gasteiger partial charge in [-0.3, -0.25) is 0 Å². The van der Waals surface area contributed by atoms with E-state index in [4.69, 9.17) is 0 Å². The first-order valence-corrected chi connectivity index (χ1v) is 7.21. The van der Waals surface area contributed by atoms with E-state index in [-0.39, 0.29) is 5.41 Å². The third-order valence-corrected chi connectivity index (χ3v) is 3.81. The summed E-state index contributed by atoms with van der Waals surface area (Å²) in [5.41, 5.74) is 3.25. The molecule has 0 aliphatic carbocycles.